The number of likely N-dealkylation sites (N-methyl/N-ethyl adjacent to an activating group) is 1. The van der Waals surface area contributed by atoms with Gasteiger partial charge in [-0.25, -0.2) is 13.4 Å². The maximum absolute atomic E-state index is 11.9. The highest BCUT2D eigenvalue weighted by molar-refractivity contribution is 9.10. The van der Waals surface area contributed by atoms with E-state index in [-0.39, 0.29) is 0 Å². The molecule has 232 valence electrons. The predicted molar refractivity (Wildman–Crippen MR) is 178 cm³/mol. The number of aryl methyl sites for hydroxylation is 1. The van der Waals surface area contributed by atoms with Gasteiger partial charge >= 0.3 is 0 Å². The molecule has 3 heterocycles. The number of anilines is 6. The topological polar surface area (TPSA) is 115 Å². The van der Waals surface area contributed by atoms with Gasteiger partial charge in [0.25, 0.3) is 0 Å². The van der Waals surface area contributed by atoms with Crippen molar-refractivity contribution in [2.75, 3.05) is 79.9 Å². The Balaban J connectivity index is 1.31. The number of piperazine rings is 1. The van der Waals surface area contributed by atoms with Crippen LogP contribution in [0.2, 0.25) is 5.02 Å². The van der Waals surface area contributed by atoms with Crippen LogP contribution in [0.3, 0.4) is 0 Å². The van der Waals surface area contributed by atoms with E-state index in [0.29, 0.717) is 44.4 Å². The minimum absolute atomic E-state index is 0.337. The van der Waals surface area contributed by atoms with Crippen LogP contribution >= 0.6 is 27.5 Å². The van der Waals surface area contributed by atoms with Gasteiger partial charge in [0.15, 0.2) is 0 Å². The van der Waals surface area contributed by atoms with Crippen LogP contribution in [-0.4, -0.2) is 93.9 Å². The number of rotatable bonds is 9. The van der Waals surface area contributed by atoms with Gasteiger partial charge in [-0.1, -0.05) is 11.6 Å². The number of ether oxygens (including phenoxy) is 1. The normalized spacial score (nSPS) is 17.1. The highest BCUT2D eigenvalue weighted by Crippen LogP contribution is 2.37. The monoisotopic (exact) mass is 692 g/mol. The van der Waals surface area contributed by atoms with Crippen LogP contribution in [0, 0.1) is 6.92 Å². The molecule has 2 aromatic carbocycles. The Bertz CT molecular complexity index is 1560. The quantitative estimate of drug-likeness (QED) is 0.274. The Morgan fingerprint density at radius 1 is 1.00 bits per heavy atom. The van der Waals surface area contributed by atoms with Crippen molar-refractivity contribution in [3.8, 4) is 5.75 Å². The Kier molecular flexibility index (Phi) is 9.86. The predicted octanol–water partition coefficient (Wildman–Crippen LogP) is 5.28. The number of hydrogen-bond acceptors (Lipinski definition) is 10. The molecule has 0 atom stereocenters. The molecule has 1 aromatic heterocycles. The lowest BCUT2D eigenvalue weighted by Gasteiger charge is -2.43. The lowest BCUT2D eigenvalue weighted by molar-refractivity contribution is 0.0982. The maximum atomic E-state index is 11.9. The van der Waals surface area contributed by atoms with Crippen molar-refractivity contribution in [1.29, 1.82) is 0 Å². The first-order chi connectivity index (χ1) is 20.5. The van der Waals surface area contributed by atoms with Crippen LogP contribution in [0.25, 0.3) is 0 Å². The van der Waals surface area contributed by atoms with Crippen LogP contribution < -0.4 is 25.0 Å². The molecule has 11 nitrogen and oxygen atoms in total. The summed E-state index contributed by atoms with van der Waals surface area (Å²) in [6, 6.07) is 9.61. The summed E-state index contributed by atoms with van der Waals surface area (Å²) in [6.07, 6.45) is 5.01. The molecule has 0 amide bonds. The fraction of sp³-hybridized carbons (Fsp3) is 0.448. The molecule has 3 aromatic rings. The van der Waals surface area contributed by atoms with Gasteiger partial charge in [0.05, 0.1) is 34.9 Å². The first-order valence-corrected chi connectivity index (χ1v) is 17.3. The van der Waals surface area contributed by atoms with Gasteiger partial charge in [-0.3, -0.25) is 9.62 Å². The molecule has 0 bridgehead atoms. The number of aromatic nitrogens is 2. The van der Waals surface area contributed by atoms with Crippen LogP contribution in [0.5, 0.6) is 5.75 Å². The molecule has 2 fully saturated rings. The van der Waals surface area contributed by atoms with Crippen LogP contribution in [-0.2, 0) is 10.0 Å². The van der Waals surface area contributed by atoms with Gasteiger partial charge in [-0.05, 0) is 72.6 Å². The standard InChI is InChI=1S/C29H38BrClN8O3S/c1-19-15-25(27(42-3)17-26(19)39-9-7-21(8-10-39)38-13-11-37(2)12-14-38)34-29-32-18-22(30)28(35-29)33-24-16-20(31)5-6-23(24)36-43(4,40)41/h5-6,15-18,21,36H,7-14H2,1-4H3,(H2,32,33,34,35). The largest absolute Gasteiger partial charge is 0.494 e. The first kappa shape index (κ1) is 31.6. The van der Waals surface area contributed by atoms with Crippen LogP contribution in [0.4, 0.5) is 34.5 Å². The fourth-order valence-electron chi connectivity index (χ4n) is 5.62. The van der Waals surface area contributed by atoms with E-state index >= 15 is 0 Å². The Morgan fingerprint density at radius 3 is 2.40 bits per heavy atom. The zero-order valence-corrected chi connectivity index (χ0v) is 28.0. The molecule has 0 aliphatic carbocycles. The van der Waals surface area contributed by atoms with Gasteiger partial charge in [0.2, 0.25) is 16.0 Å². The van der Waals surface area contributed by atoms with Crippen molar-refractivity contribution in [3.05, 3.63) is 51.6 Å². The summed E-state index contributed by atoms with van der Waals surface area (Å²) in [5.74, 6) is 1.45. The van der Waals surface area contributed by atoms with E-state index in [2.05, 4.69) is 82.1 Å². The Labute approximate surface area is 267 Å². The third-order valence-electron chi connectivity index (χ3n) is 7.90. The van der Waals surface area contributed by atoms with E-state index in [9.17, 15) is 8.42 Å². The molecular formula is C29H38BrClN8O3S. The maximum Gasteiger partial charge on any atom is 0.229 e. The molecule has 14 heteroatoms. The van der Waals surface area contributed by atoms with Crippen LogP contribution in [0.1, 0.15) is 18.4 Å². The van der Waals surface area contributed by atoms with Crippen molar-refractivity contribution < 1.29 is 13.2 Å². The molecule has 2 aliphatic heterocycles. The lowest BCUT2D eigenvalue weighted by Crippen LogP contribution is -2.52. The zero-order chi connectivity index (χ0) is 30.7. The zero-order valence-electron chi connectivity index (χ0n) is 24.8. The Hall–Kier alpha value is -2.84. The number of sulfonamides is 1. The number of piperidine rings is 1. The van der Waals surface area contributed by atoms with E-state index in [4.69, 9.17) is 16.3 Å². The Morgan fingerprint density at radius 2 is 1.72 bits per heavy atom. The van der Waals surface area contributed by atoms with E-state index in [1.54, 1.807) is 31.5 Å². The number of nitrogens with one attached hydrogen (secondary N) is 3. The third-order valence-corrected chi connectivity index (χ3v) is 9.30. The summed E-state index contributed by atoms with van der Waals surface area (Å²) in [4.78, 5) is 16.6. The van der Waals surface area contributed by atoms with Gasteiger partial charge in [-0.2, -0.15) is 4.98 Å². The van der Waals surface area contributed by atoms with E-state index in [1.165, 1.54) is 5.69 Å². The molecule has 0 spiro atoms. The minimum atomic E-state index is -3.51. The first-order valence-electron chi connectivity index (χ1n) is 14.2. The number of halogens is 2. The van der Waals surface area contributed by atoms with Gasteiger partial charge in [-0.15, -0.1) is 0 Å². The molecule has 5 rings (SSSR count). The smallest absolute Gasteiger partial charge is 0.229 e. The van der Waals surface area contributed by atoms with E-state index < -0.39 is 10.0 Å². The van der Waals surface area contributed by atoms with Crippen molar-refractivity contribution in [2.45, 2.75) is 25.8 Å². The van der Waals surface area contributed by atoms with Gasteiger partial charge < -0.3 is 25.2 Å². The third kappa shape index (κ3) is 8.01. The van der Waals surface area contributed by atoms with Crippen molar-refractivity contribution >= 4 is 72.1 Å². The average molecular weight is 694 g/mol. The number of benzene rings is 2. The molecule has 43 heavy (non-hydrogen) atoms. The number of methoxy groups -OCH3 is 1. The van der Waals surface area contributed by atoms with Gasteiger partial charge in [0.1, 0.15) is 11.6 Å². The summed E-state index contributed by atoms with van der Waals surface area (Å²) >= 11 is 9.68. The fourth-order valence-corrected chi connectivity index (χ4v) is 6.65. The van der Waals surface area contributed by atoms with E-state index in [0.717, 1.165) is 69.6 Å². The molecular weight excluding hydrogens is 656 g/mol. The SMILES string of the molecule is COc1cc(N2CCC(N3CCN(C)CC3)CC2)c(C)cc1Nc1ncc(Br)c(Nc2cc(Cl)ccc2NS(C)(=O)=O)n1. The molecule has 2 saturated heterocycles. The molecule has 2 aliphatic rings. The number of nitrogens with zero attached hydrogens (tertiary/aromatic N) is 5. The van der Waals surface area contributed by atoms with E-state index in [1.807, 2.05) is 0 Å². The van der Waals surface area contributed by atoms with Crippen molar-refractivity contribution in [3.63, 3.8) is 0 Å². The second-order valence-corrected chi connectivity index (χ2v) is 14.1. The van der Waals surface area contributed by atoms with Crippen LogP contribution in [0.15, 0.2) is 41.0 Å². The summed E-state index contributed by atoms with van der Waals surface area (Å²) in [5.41, 5.74) is 3.83. The highest BCUT2D eigenvalue weighted by Gasteiger charge is 2.27. The van der Waals surface area contributed by atoms with Gasteiger partial charge in [0, 0.05) is 68.3 Å². The van der Waals surface area contributed by atoms with Crippen molar-refractivity contribution in [1.82, 2.24) is 19.8 Å². The second kappa shape index (κ2) is 13.4. The molecule has 3 N–H and O–H groups in total. The average Bonchev–Trinajstić information content (AvgIpc) is 2.96. The minimum Gasteiger partial charge on any atom is -0.494 e. The summed E-state index contributed by atoms with van der Waals surface area (Å²) < 4.78 is 32.6. The molecule has 0 saturated carbocycles. The van der Waals surface area contributed by atoms with Crippen molar-refractivity contribution in [2.24, 2.45) is 0 Å². The second-order valence-electron chi connectivity index (χ2n) is 11.1. The summed E-state index contributed by atoms with van der Waals surface area (Å²) in [7, 11) is 0.348. The molecule has 0 unspecified atom stereocenters. The highest BCUT2D eigenvalue weighted by atomic mass is 79.9. The number of hydrogen-bond donors (Lipinski definition) is 3. The molecule has 0 radical (unpaired) electrons. The lowest BCUT2D eigenvalue weighted by atomic mass is 10.0. The summed E-state index contributed by atoms with van der Waals surface area (Å²) in [6.45, 7) is 8.73. The summed E-state index contributed by atoms with van der Waals surface area (Å²) in [5, 5.41) is 6.89.